The summed E-state index contributed by atoms with van der Waals surface area (Å²) in [4.78, 5) is 2.10. The third-order valence-electron chi connectivity index (χ3n) is 3.59. The fraction of sp³-hybridized carbons (Fsp3) is 1.00. The number of hydrogen-bond acceptors (Lipinski definition) is 3. The number of nitrogens with one attached hydrogen (secondary N) is 2. The van der Waals surface area contributed by atoms with Gasteiger partial charge in [-0.25, -0.2) is 4.90 Å². The van der Waals surface area contributed by atoms with Crippen molar-refractivity contribution in [2.45, 2.75) is 67.9 Å². The van der Waals surface area contributed by atoms with Crippen LogP contribution in [0.25, 0.3) is 0 Å². The van der Waals surface area contributed by atoms with Crippen LogP contribution in [0.1, 0.15) is 44.9 Å². The predicted octanol–water partition coefficient (Wildman–Crippen LogP) is 3.16. The minimum absolute atomic E-state index is 0.286. The molecular weight excluding hydrogens is 281 g/mol. The Morgan fingerprint density at radius 1 is 0.765 bits per heavy atom. The predicted molar refractivity (Wildman–Crippen MR) is 73.1 cm³/mol. The SMILES string of the molecule is ClC1NC(Cl)N(C2CCCCCCC2)C(Cl)N1. The number of hydrogen-bond donors (Lipinski definition) is 2. The van der Waals surface area contributed by atoms with Gasteiger partial charge in [-0.3, -0.25) is 10.6 Å². The van der Waals surface area contributed by atoms with Crippen molar-refractivity contribution in [3.8, 4) is 0 Å². The molecule has 0 amide bonds. The highest BCUT2D eigenvalue weighted by Crippen LogP contribution is 2.27. The van der Waals surface area contributed by atoms with Gasteiger partial charge in [-0.15, -0.1) is 0 Å². The highest BCUT2D eigenvalue weighted by Gasteiger charge is 2.36. The maximum atomic E-state index is 6.31. The van der Waals surface area contributed by atoms with Crippen molar-refractivity contribution in [2.75, 3.05) is 0 Å². The number of alkyl halides is 3. The lowest BCUT2D eigenvalue weighted by molar-refractivity contribution is 0.0643. The van der Waals surface area contributed by atoms with Crippen LogP contribution in [0.15, 0.2) is 0 Å². The zero-order chi connectivity index (χ0) is 12.3. The van der Waals surface area contributed by atoms with Crippen LogP contribution in [0.5, 0.6) is 0 Å². The summed E-state index contributed by atoms with van der Waals surface area (Å²) in [5.74, 6) is 0. The molecule has 0 aromatic rings. The van der Waals surface area contributed by atoms with Crippen molar-refractivity contribution in [1.82, 2.24) is 15.5 Å². The van der Waals surface area contributed by atoms with Gasteiger partial charge in [-0.1, -0.05) is 66.9 Å². The van der Waals surface area contributed by atoms with E-state index in [1.807, 2.05) is 0 Å². The lowest BCUT2D eigenvalue weighted by Crippen LogP contribution is -2.65. The van der Waals surface area contributed by atoms with Crippen LogP contribution < -0.4 is 10.6 Å². The molecule has 2 atom stereocenters. The molecular formula is C11H20Cl3N3. The van der Waals surface area contributed by atoms with E-state index in [4.69, 9.17) is 34.8 Å². The molecule has 1 aliphatic carbocycles. The molecule has 2 fully saturated rings. The van der Waals surface area contributed by atoms with Gasteiger partial charge < -0.3 is 0 Å². The van der Waals surface area contributed by atoms with E-state index in [0.717, 1.165) is 0 Å². The van der Waals surface area contributed by atoms with E-state index in [1.165, 1.54) is 44.9 Å². The zero-order valence-electron chi connectivity index (χ0n) is 9.84. The van der Waals surface area contributed by atoms with E-state index < -0.39 is 0 Å². The minimum atomic E-state index is -0.357. The molecule has 3 nitrogen and oxygen atoms in total. The van der Waals surface area contributed by atoms with Crippen molar-refractivity contribution >= 4 is 34.8 Å². The number of rotatable bonds is 1. The van der Waals surface area contributed by atoms with Crippen LogP contribution in [0.3, 0.4) is 0 Å². The maximum absolute atomic E-state index is 6.31. The Morgan fingerprint density at radius 2 is 1.24 bits per heavy atom. The Bertz CT molecular complexity index is 222. The summed E-state index contributed by atoms with van der Waals surface area (Å²) < 4.78 is 0. The Labute approximate surface area is 118 Å². The maximum Gasteiger partial charge on any atom is 0.142 e. The van der Waals surface area contributed by atoms with E-state index in [0.29, 0.717) is 6.04 Å². The van der Waals surface area contributed by atoms with Crippen LogP contribution in [-0.2, 0) is 0 Å². The van der Waals surface area contributed by atoms with E-state index in [9.17, 15) is 0 Å². The molecule has 100 valence electrons. The standard InChI is InChI=1S/C11H20Cl3N3/c12-9-15-10(13)17(11(14)16-9)8-6-4-2-1-3-5-7-8/h8-11,15-16H,1-7H2. The van der Waals surface area contributed by atoms with E-state index in [2.05, 4.69) is 15.5 Å². The number of nitrogens with zero attached hydrogens (tertiary/aromatic N) is 1. The molecule has 1 saturated heterocycles. The van der Waals surface area contributed by atoms with Crippen LogP contribution in [0, 0.1) is 0 Å². The van der Waals surface area contributed by atoms with Crippen LogP contribution in [-0.4, -0.2) is 27.8 Å². The molecule has 1 aliphatic heterocycles. The molecule has 0 aromatic heterocycles. The van der Waals surface area contributed by atoms with Crippen LogP contribution in [0.4, 0.5) is 0 Å². The molecule has 6 heteroatoms. The Kier molecular flexibility index (Phi) is 5.65. The first-order valence-corrected chi connectivity index (χ1v) is 7.71. The third kappa shape index (κ3) is 3.85. The van der Waals surface area contributed by atoms with Crippen molar-refractivity contribution in [1.29, 1.82) is 0 Å². The average Bonchev–Trinajstić information content (AvgIpc) is 2.19. The second-order valence-corrected chi connectivity index (χ2v) is 6.08. The molecule has 2 unspecified atom stereocenters. The Hall–Kier alpha value is 0.750. The van der Waals surface area contributed by atoms with E-state index in [-0.39, 0.29) is 16.9 Å². The summed E-state index contributed by atoms with van der Waals surface area (Å²) in [7, 11) is 0. The molecule has 0 bridgehead atoms. The van der Waals surface area contributed by atoms with Gasteiger partial charge in [0.25, 0.3) is 0 Å². The molecule has 0 radical (unpaired) electrons. The molecule has 2 N–H and O–H groups in total. The highest BCUT2D eigenvalue weighted by molar-refractivity contribution is 6.25. The quantitative estimate of drug-likeness (QED) is 0.575. The topological polar surface area (TPSA) is 27.3 Å². The summed E-state index contributed by atoms with van der Waals surface area (Å²) in [5.41, 5.74) is -0.929. The second-order valence-electron chi connectivity index (χ2n) is 4.81. The monoisotopic (exact) mass is 299 g/mol. The van der Waals surface area contributed by atoms with Gasteiger partial charge in [0, 0.05) is 6.04 Å². The van der Waals surface area contributed by atoms with Crippen LogP contribution >= 0.6 is 34.8 Å². The first-order chi connectivity index (χ1) is 8.18. The Balaban J connectivity index is 1.97. The number of halogens is 3. The summed E-state index contributed by atoms with van der Waals surface area (Å²) in [5, 5.41) is 6.11. The smallest absolute Gasteiger partial charge is 0.142 e. The zero-order valence-corrected chi connectivity index (χ0v) is 12.1. The van der Waals surface area contributed by atoms with Crippen molar-refractivity contribution < 1.29 is 0 Å². The van der Waals surface area contributed by atoms with Gasteiger partial charge in [0.05, 0.1) is 0 Å². The van der Waals surface area contributed by atoms with Crippen molar-refractivity contribution in [3.05, 3.63) is 0 Å². The Morgan fingerprint density at radius 3 is 1.76 bits per heavy atom. The van der Waals surface area contributed by atoms with E-state index in [1.54, 1.807) is 0 Å². The largest absolute Gasteiger partial charge is 0.260 e. The normalized spacial score (nSPS) is 38.6. The minimum Gasteiger partial charge on any atom is -0.260 e. The van der Waals surface area contributed by atoms with Gasteiger partial charge >= 0.3 is 0 Å². The van der Waals surface area contributed by atoms with Gasteiger partial charge in [0.2, 0.25) is 0 Å². The van der Waals surface area contributed by atoms with Gasteiger partial charge in [-0.2, -0.15) is 0 Å². The first kappa shape index (κ1) is 14.2. The second kappa shape index (κ2) is 6.78. The summed E-state index contributed by atoms with van der Waals surface area (Å²) in [6.45, 7) is 0. The molecule has 1 heterocycles. The van der Waals surface area contributed by atoms with Crippen LogP contribution in [0.2, 0.25) is 0 Å². The van der Waals surface area contributed by atoms with E-state index >= 15 is 0 Å². The molecule has 0 spiro atoms. The molecule has 1 saturated carbocycles. The third-order valence-corrected chi connectivity index (χ3v) is 4.54. The van der Waals surface area contributed by atoms with Gasteiger partial charge in [0.15, 0.2) is 0 Å². The van der Waals surface area contributed by atoms with Crippen molar-refractivity contribution in [2.24, 2.45) is 0 Å². The lowest BCUT2D eigenvalue weighted by Gasteiger charge is -2.44. The molecule has 17 heavy (non-hydrogen) atoms. The summed E-state index contributed by atoms with van der Waals surface area (Å²) in [6.07, 6.45) is 8.87. The van der Waals surface area contributed by atoms with Gasteiger partial charge in [0.1, 0.15) is 16.9 Å². The van der Waals surface area contributed by atoms with Gasteiger partial charge in [-0.05, 0) is 12.8 Å². The lowest BCUT2D eigenvalue weighted by atomic mass is 9.96. The highest BCUT2D eigenvalue weighted by atomic mass is 35.5. The fourth-order valence-electron chi connectivity index (χ4n) is 2.68. The summed E-state index contributed by atoms with van der Waals surface area (Å²) >= 11 is 18.6. The average molecular weight is 301 g/mol. The van der Waals surface area contributed by atoms with Crippen molar-refractivity contribution in [3.63, 3.8) is 0 Å². The molecule has 2 rings (SSSR count). The summed E-state index contributed by atoms with van der Waals surface area (Å²) in [6, 6.07) is 0.449. The fourth-order valence-corrected chi connectivity index (χ4v) is 3.90. The molecule has 0 aromatic carbocycles. The first-order valence-electron chi connectivity index (χ1n) is 6.40. The molecule has 2 aliphatic rings.